The van der Waals surface area contributed by atoms with Crippen molar-refractivity contribution < 1.29 is 28.2 Å². The summed E-state index contributed by atoms with van der Waals surface area (Å²) in [5.41, 5.74) is 0.315. The quantitative estimate of drug-likeness (QED) is 0.481. The molecule has 0 spiro atoms. The summed E-state index contributed by atoms with van der Waals surface area (Å²) in [6.07, 6.45) is 0.631. The number of hydrogen-bond donors (Lipinski definition) is 2. The van der Waals surface area contributed by atoms with Gasteiger partial charge in [0.1, 0.15) is 23.9 Å². The Labute approximate surface area is 202 Å². The highest BCUT2D eigenvalue weighted by molar-refractivity contribution is 5.95. The van der Waals surface area contributed by atoms with E-state index >= 15 is 0 Å². The molecule has 0 aliphatic heterocycles. The van der Waals surface area contributed by atoms with Gasteiger partial charge in [-0.3, -0.25) is 9.20 Å². The number of pyridine rings is 1. The lowest BCUT2D eigenvalue weighted by molar-refractivity contribution is 0.0871. The highest BCUT2D eigenvalue weighted by Gasteiger charge is 2.28. The first kappa shape index (κ1) is 25.9. The number of rotatable bonds is 8. The van der Waals surface area contributed by atoms with Crippen molar-refractivity contribution in [1.29, 1.82) is 0 Å². The fraction of sp³-hybridized carbons (Fsp3) is 0.400. The Bertz CT molecular complexity index is 1220. The van der Waals surface area contributed by atoms with Crippen LogP contribution in [0.5, 0.6) is 5.75 Å². The topological polar surface area (TPSA) is 96.2 Å². The minimum absolute atomic E-state index is 0.136. The van der Waals surface area contributed by atoms with Crippen molar-refractivity contribution in [3.05, 3.63) is 65.1 Å². The third-order valence-corrected chi connectivity index (χ3v) is 5.58. The molecule has 0 aliphatic rings. The summed E-state index contributed by atoms with van der Waals surface area (Å²) in [5, 5.41) is 12.3. The number of halogens is 2. The standard InChI is InChI=1S/C25H30F2N4O4/c1-15(13-31(24(33)34)25(3,4)5)12-28-23(32)21-16(2)29-22-20(10-7-11-30(21)22)35-14-17-18(26)8-6-9-19(17)27/h6-11,15H,12-14H2,1-5H3,(H,28,32)(H,33,34). The normalized spacial score (nSPS) is 12.4. The van der Waals surface area contributed by atoms with E-state index in [1.165, 1.54) is 11.0 Å². The Morgan fingerprint density at radius 2 is 1.86 bits per heavy atom. The predicted molar refractivity (Wildman–Crippen MR) is 127 cm³/mol. The van der Waals surface area contributed by atoms with Gasteiger partial charge in [-0.15, -0.1) is 0 Å². The van der Waals surface area contributed by atoms with Gasteiger partial charge in [-0.05, 0) is 57.9 Å². The third kappa shape index (κ3) is 5.87. The molecule has 35 heavy (non-hydrogen) atoms. The minimum Gasteiger partial charge on any atom is -0.485 e. The first-order valence-electron chi connectivity index (χ1n) is 11.2. The largest absolute Gasteiger partial charge is 0.485 e. The van der Waals surface area contributed by atoms with Crippen LogP contribution in [0.1, 0.15) is 49.4 Å². The van der Waals surface area contributed by atoms with Crippen LogP contribution < -0.4 is 10.1 Å². The molecule has 2 aromatic heterocycles. The molecule has 0 fully saturated rings. The molecular weight excluding hydrogens is 458 g/mol. The molecule has 10 heteroatoms. The van der Waals surface area contributed by atoms with E-state index in [9.17, 15) is 23.5 Å². The number of carbonyl (C=O) groups excluding carboxylic acids is 1. The van der Waals surface area contributed by atoms with E-state index in [-0.39, 0.29) is 42.8 Å². The van der Waals surface area contributed by atoms with Crippen LogP contribution in [0.15, 0.2) is 36.5 Å². The van der Waals surface area contributed by atoms with Crippen molar-refractivity contribution in [3.8, 4) is 5.75 Å². The fourth-order valence-electron chi connectivity index (χ4n) is 3.73. The molecule has 1 unspecified atom stereocenters. The van der Waals surface area contributed by atoms with Crippen LogP contribution >= 0.6 is 0 Å². The monoisotopic (exact) mass is 488 g/mol. The Balaban J connectivity index is 1.74. The summed E-state index contributed by atoms with van der Waals surface area (Å²) in [4.78, 5) is 30.3. The Kier molecular flexibility index (Phi) is 7.62. The molecule has 0 aliphatic carbocycles. The van der Waals surface area contributed by atoms with Crippen LogP contribution in [0.25, 0.3) is 5.65 Å². The lowest BCUT2D eigenvalue weighted by Gasteiger charge is -2.35. The van der Waals surface area contributed by atoms with Gasteiger partial charge in [0.25, 0.3) is 5.91 Å². The lowest BCUT2D eigenvalue weighted by Crippen LogP contribution is -2.48. The highest BCUT2D eigenvalue weighted by atomic mass is 19.1. The summed E-state index contributed by atoms with van der Waals surface area (Å²) >= 11 is 0. The maximum absolute atomic E-state index is 14.0. The van der Waals surface area contributed by atoms with Gasteiger partial charge in [0, 0.05) is 24.8 Å². The van der Waals surface area contributed by atoms with Crippen LogP contribution in [0.4, 0.5) is 13.6 Å². The number of aromatic nitrogens is 2. The molecule has 0 bridgehead atoms. The zero-order valence-corrected chi connectivity index (χ0v) is 20.4. The zero-order valence-electron chi connectivity index (χ0n) is 20.4. The summed E-state index contributed by atoms with van der Waals surface area (Å²) < 4.78 is 35.1. The Morgan fingerprint density at radius 1 is 1.20 bits per heavy atom. The number of amides is 2. The molecule has 8 nitrogen and oxygen atoms in total. The molecule has 0 saturated carbocycles. The average Bonchev–Trinajstić information content (AvgIpc) is 3.11. The first-order valence-corrected chi connectivity index (χ1v) is 11.2. The molecule has 1 atom stereocenters. The number of imidazole rings is 1. The van der Waals surface area contributed by atoms with Gasteiger partial charge in [-0.25, -0.2) is 18.6 Å². The Hall–Kier alpha value is -3.69. The number of fused-ring (bicyclic) bond motifs is 1. The number of hydrogen-bond acceptors (Lipinski definition) is 4. The smallest absolute Gasteiger partial charge is 0.407 e. The van der Waals surface area contributed by atoms with Crippen molar-refractivity contribution in [3.63, 3.8) is 0 Å². The second-order valence-corrected chi connectivity index (χ2v) is 9.48. The number of carbonyl (C=O) groups is 2. The van der Waals surface area contributed by atoms with E-state index in [2.05, 4.69) is 10.3 Å². The maximum Gasteiger partial charge on any atom is 0.407 e. The number of benzene rings is 1. The molecule has 3 rings (SSSR count). The number of aryl methyl sites for hydroxylation is 1. The number of nitrogens with one attached hydrogen (secondary N) is 1. The summed E-state index contributed by atoms with van der Waals surface area (Å²) in [7, 11) is 0. The van der Waals surface area contributed by atoms with E-state index in [4.69, 9.17) is 4.74 Å². The summed E-state index contributed by atoms with van der Waals surface area (Å²) in [5.74, 6) is -1.66. The first-order chi connectivity index (χ1) is 16.4. The zero-order chi connectivity index (χ0) is 25.9. The van der Waals surface area contributed by atoms with Crippen LogP contribution in [0.3, 0.4) is 0 Å². The summed E-state index contributed by atoms with van der Waals surface area (Å²) in [6.45, 7) is 9.16. The van der Waals surface area contributed by atoms with Crippen molar-refractivity contribution >= 4 is 17.6 Å². The van der Waals surface area contributed by atoms with Crippen LogP contribution in [-0.2, 0) is 6.61 Å². The van der Waals surface area contributed by atoms with Crippen molar-refractivity contribution in [2.45, 2.75) is 46.8 Å². The molecule has 1 aromatic carbocycles. The highest BCUT2D eigenvalue weighted by Crippen LogP contribution is 2.24. The van der Waals surface area contributed by atoms with Gasteiger partial charge in [-0.2, -0.15) is 0 Å². The fourth-order valence-corrected chi connectivity index (χ4v) is 3.73. The van der Waals surface area contributed by atoms with E-state index in [1.54, 1.807) is 29.7 Å². The maximum atomic E-state index is 14.0. The van der Waals surface area contributed by atoms with Crippen LogP contribution in [-0.4, -0.2) is 50.0 Å². The van der Waals surface area contributed by atoms with E-state index < -0.39 is 23.3 Å². The lowest BCUT2D eigenvalue weighted by atomic mass is 10.0. The SMILES string of the molecule is Cc1nc2c(OCc3c(F)cccc3F)cccn2c1C(=O)NCC(C)CN(C(=O)O)C(C)(C)C. The predicted octanol–water partition coefficient (Wildman–Crippen LogP) is 4.64. The van der Waals surface area contributed by atoms with Crippen LogP contribution in [0.2, 0.25) is 0 Å². The molecule has 3 aromatic rings. The molecular formula is C25H30F2N4O4. The van der Waals surface area contributed by atoms with Crippen molar-refractivity contribution in [2.75, 3.05) is 13.1 Å². The second kappa shape index (κ2) is 10.3. The van der Waals surface area contributed by atoms with E-state index in [0.29, 0.717) is 17.0 Å². The van der Waals surface area contributed by atoms with Crippen molar-refractivity contribution in [1.82, 2.24) is 19.6 Å². The number of ether oxygens (including phenoxy) is 1. The van der Waals surface area contributed by atoms with Gasteiger partial charge in [0.05, 0.1) is 11.3 Å². The number of carboxylic acid groups (broad SMARTS) is 1. The van der Waals surface area contributed by atoms with Crippen LogP contribution in [0, 0.1) is 24.5 Å². The average molecular weight is 489 g/mol. The van der Waals surface area contributed by atoms with Gasteiger partial charge < -0.3 is 20.1 Å². The second-order valence-electron chi connectivity index (χ2n) is 9.48. The molecule has 0 saturated heterocycles. The third-order valence-electron chi connectivity index (χ3n) is 5.58. The van der Waals surface area contributed by atoms with E-state index in [1.807, 2.05) is 27.7 Å². The molecule has 2 heterocycles. The van der Waals surface area contributed by atoms with E-state index in [0.717, 1.165) is 12.1 Å². The van der Waals surface area contributed by atoms with Gasteiger partial charge in [-0.1, -0.05) is 13.0 Å². The molecule has 0 radical (unpaired) electrons. The molecule has 2 amide bonds. The molecule has 2 N–H and O–H groups in total. The van der Waals surface area contributed by atoms with Gasteiger partial charge >= 0.3 is 6.09 Å². The summed E-state index contributed by atoms with van der Waals surface area (Å²) in [6, 6.07) is 6.85. The van der Waals surface area contributed by atoms with Gasteiger partial charge in [0.15, 0.2) is 11.4 Å². The van der Waals surface area contributed by atoms with Gasteiger partial charge in [0.2, 0.25) is 0 Å². The number of nitrogens with zero attached hydrogens (tertiary/aromatic N) is 3. The Morgan fingerprint density at radius 3 is 2.46 bits per heavy atom. The van der Waals surface area contributed by atoms with Crippen molar-refractivity contribution in [2.24, 2.45) is 5.92 Å². The molecule has 188 valence electrons. The minimum atomic E-state index is -1.02.